The van der Waals surface area contributed by atoms with Crippen LogP contribution in [0.15, 0.2) is 29.4 Å². The Morgan fingerprint density at radius 2 is 2.00 bits per heavy atom. The minimum atomic E-state index is -0.108. The summed E-state index contributed by atoms with van der Waals surface area (Å²) in [5.41, 5.74) is 2.09. The van der Waals surface area contributed by atoms with Crippen molar-refractivity contribution in [1.29, 1.82) is 0 Å². The number of nitrogens with one attached hydrogen (secondary N) is 1. The average Bonchev–Trinajstić information content (AvgIpc) is 2.59. The van der Waals surface area contributed by atoms with Gasteiger partial charge in [0.25, 0.3) is 0 Å². The normalized spacial score (nSPS) is 14.8. The summed E-state index contributed by atoms with van der Waals surface area (Å²) in [6, 6.07) is 7.20. The first-order valence-electron chi connectivity index (χ1n) is 5.30. The maximum atomic E-state index is 11.3. The Balaban J connectivity index is 2.14. The number of benzene rings is 1. The number of hydrazone groups is 1. The maximum Gasteiger partial charge on any atom is 0.221 e. The van der Waals surface area contributed by atoms with Crippen molar-refractivity contribution in [3.05, 3.63) is 24.3 Å². The number of hydrogen-bond donors (Lipinski definition) is 1. The van der Waals surface area contributed by atoms with Gasteiger partial charge in [-0.25, -0.2) is 0 Å². The molecule has 17 heavy (non-hydrogen) atoms. The van der Waals surface area contributed by atoms with Crippen molar-refractivity contribution in [2.24, 2.45) is 5.10 Å². The fourth-order valence-electron chi connectivity index (χ4n) is 1.59. The molecule has 0 unspecified atom stereocenters. The number of Topliss-reactive ketones (excluding diaryl/α,β-unsaturated/α-hetero) is 1. The van der Waals surface area contributed by atoms with Crippen LogP contribution in [0.3, 0.4) is 0 Å². The summed E-state index contributed by atoms with van der Waals surface area (Å²) in [4.78, 5) is 22.2. The van der Waals surface area contributed by atoms with E-state index in [9.17, 15) is 9.59 Å². The summed E-state index contributed by atoms with van der Waals surface area (Å²) in [5.74, 6) is -0.0705. The van der Waals surface area contributed by atoms with Crippen LogP contribution in [0.5, 0.6) is 0 Å². The second kappa shape index (κ2) is 4.37. The SMILES string of the molecule is CC(=O)Nc1ccc(N2CC(=O)C(C)=N2)cc1. The number of carbonyl (C=O) groups is 2. The standard InChI is InChI=1S/C12H13N3O2/c1-8-12(17)7-15(14-8)11-5-3-10(4-6-11)13-9(2)16/h3-6H,7H2,1-2H3,(H,13,16). The molecule has 0 aromatic heterocycles. The molecule has 2 rings (SSSR count). The van der Waals surface area contributed by atoms with Crippen LogP contribution in [-0.4, -0.2) is 23.9 Å². The minimum Gasteiger partial charge on any atom is -0.326 e. The first-order valence-corrected chi connectivity index (χ1v) is 5.30. The van der Waals surface area contributed by atoms with Crippen LogP contribution in [-0.2, 0) is 9.59 Å². The predicted octanol–water partition coefficient (Wildman–Crippen LogP) is 1.41. The van der Waals surface area contributed by atoms with E-state index in [1.54, 1.807) is 24.1 Å². The van der Waals surface area contributed by atoms with Crippen molar-refractivity contribution < 1.29 is 9.59 Å². The van der Waals surface area contributed by atoms with E-state index in [0.29, 0.717) is 5.71 Å². The molecule has 0 saturated carbocycles. The number of hydrogen-bond acceptors (Lipinski definition) is 4. The van der Waals surface area contributed by atoms with Gasteiger partial charge in [0.05, 0.1) is 5.69 Å². The Bertz CT molecular complexity index is 491. The molecule has 0 spiro atoms. The fraction of sp³-hybridized carbons (Fsp3) is 0.250. The molecule has 1 N–H and O–H groups in total. The first kappa shape index (κ1) is 11.3. The van der Waals surface area contributed by atoms with Crippen LogP contribution in [0, 0.1) is 0 Å². The largest absolute Gasteiger partial charge is 0.326 e. The van der Waals surface area contributed by atoms with Crippen molar-refractivity contribution in [1.82, 2.24) is 0 Å². The Morgan fingerprint density at radius 3 is 2.47 bits per heavy atom. The van der Waals surface area contributed by atoms with Crippen LogP contribution < -0.4 is 10.3 Å². The van der Waals surface area contributed by atoms with Crippen molar-refractivity contribution in [3.8, 4) is 0 Å². The van der Waals surface area contributed by atoms with E-state index >= 15 is 0 Å². The van der Waals surface area contributed by atoms with Gasteiger partial charge in [-0.1, -0.05) is 0 Å². The molecule has 0 saturated heterocycles. The lowest BCUT2D eigenvalue weighted by atomic mass is 10.2. The monoisotopic (exact) mass is 231 g/mol. The molecule has 0 bridgehead atoms. The Morgan fingerprint density at radius 1 is 1.35 bits per heavy atom. The number of anilines is 2. The van der Waals surface area contributed by atoms with Gasteiger partial charge in [0.1, 0.15) is 12.3 Å². The van der Waals surface area contributed by atoms with Crippen LogP contribution in [0.25, 0.3) is 0 Å². The molecule has 1 amide bonds. The number of nitrogens with zero attached hydrogens (tertiary/aromatic N) is 2. The summed E-state index contributed by atoms with van der Waals surface area (Å²) in [6.45, 7) is 3.44. The third-order valence-electron chi connectivity index (χ3n) is 2.45. The van der Waals surface area contributed by atoms with Gasteiger partial charge in [0.2, 0.25) is 5.91 Å². The molecule has 0 radical (unpaired) electrons. The molecule has 1 aliphatic rings. The van der Waals surface area contributed by atoms with Crippen LogP contribution in [0.1, 0.15) is 13.8 Å². The summed E-state index contributed by atoms with van der Waals surface area (Å²) in [7, 11) is 0. The molecule has 0 fully saturated rings. The topological polar surface area (TPSA) is 61.8 Å². The zero-order chi connectivity index (χ0) is 12.4. The lowest BCUT2D eigenvalue weighted by Crippen LogP contribution is -2.17. The van der Waals surface area contributed by atoms with Gasteiger partial charge in [-0.05, 0) is 31.2 Å². The van der Waals surface area contributed by atoms with Gasteiger partial charge in [0, 0.05) is 12.6 Å². The van der Waals surface area contributed by atoms with E-state index in [-0.39, 0.29) is 18.2 Å². The second-order valence-corrected chi connectivity index (χ2v) is 3.89. The average molecular weight is 231 g/mol. The van der Waals surface area contributed by atoms with Gasteiger partial charge in [-0.2, -0.15) is 5.10 Å². The van der Waals surface area contributed by atoms with E-state index in [0.717, 1.165) is 11.4 Å². The highest BCUT2D eigenvalue weighted by atomic mass is 16.1. The van der Waals surface area contributed by atoms with Crippen molar-refractivity contribution in [3.63, 3.8) is 0 Å². The minimum absolute atomic E-state index is 0.0379. The molecule has 1 aromatic rings. The Labute approximate surface area is 99.1 Å². The third-order valence-corrected chi connectivity index (χ3v) is 2.45. The van der Waals surface area contributed by atoms with Crippen molar-refractivity contribution in [2.75, 3.05) is 16.9 Å². The summed E-state index contributed by atoms with van der Waals surface area (Å²) < 4.78 is 0. The van der Waals surface area contributed by atoms with E-state index in [1.165, 1.54) is 6.92 Å². The van der Waals surface area contributed by atoms with E-state index < -0.39 is 0 Å². The number of carbonyl (C=O) groups excluding carboxylic acids is 2. The summed E-state index contributed by atoms with van der Waals surface area (Å²) in [5, 5.41) is 8.47. The van der Waals surface area contributed by atoms with Gasteiger partial charge in [-0.15, -0.1) is 0 Å². The highest BCUT2D eigenvalue weighted by Gasteiger charge is 2.20. The first-order chi connectivity index (χ1) is 8.06. The van der Waals surface area contributed by atoms with Crippen LogP contribution >= 0.6 is 0 Å². The van der Waals surface area contributed by atoms with Gasteiger partial charge < -0.3 is 5.32 Å². The number of rotatable bonds is 2. The lowest BCUT2D eigenvalue weighted by molar-refractivity contribution is -0.114. The quantitative estimate of drug-likeness (QED) is 0.837. The van der Waals surface area contributed by atoms with E-state index in [4.69, 9.17) is 0 Å². The van der Waals surface area contributed by atoms with Gasteiger partial charge in [0.15, 0.2) is 5.78 Å². The number of ketones is 1. The highest BCUT2D eigenvalue weighted by Crippen LogP contribution is 2.20. The molecule has 0 atom stereocenters. The summed E-state index contributed by atoms with van der Waals surface area (Å²) >= 11 is 0. The fourth-order valence-corrected chi connectivity index (χ4v) is 1.59. The number of amides is 1. The van der Waals surface area contributed by atoms with Crippen molar-refractivity contribution >= 4 is 28.8 Å². The third kappa shape index (κ3) is 2.50. The van der Waals surface area contributed by atoms with Gasteiger partial charge in [-0.3, -0.25) is 14.6 Å². The van der Waals surface area contributed by atoms with Gasteiger partial charge >= 0.3 is 0 Å². The molecule has 0 aliphatic carbocycles. The van der Waals surface area contributed by atoms with E-state index in [1.807, 2.05) is 12.1 Å². The van der Waals surface area contributed by atoms with Crippen LogP contribution in [0.4, 0.5) is 11.4 Å². The van der Waals surface area contributed by atoms with Crippen LogP contribution in [0.2, 0.25) is 0 Å². The molecule has 88 valence electrons. The molecule has 1 aromatic carbocycles. The summed E-state index contributed by atoms with van der Waals surface area (Å²) in [6.07, 6.45) is 0. The molecular weight excluding hydrogens is 218 g/mol. The zero-order valence-electron chi connectivity index (χ0n) is 9.73. The highest BCUT2D eigenvalue weighted by molar-refractivity contribution is 6.42. The smallest absolute Gasteiger partial charge is 0.221 e. The molecule has 5 nitrogen and oxygen atoms in total. The maximum absolute atomic E-state index is 11.3. The lowest BCUT2D eigenvalue weighted by Gasteiger charge is -2.13. The molecule has 5 heteroatoms. The van der Waals surface area contributed by atoms with E-state index in [2.05, 4.69) is 10.4 Å². The zero-order valence-corrected chi connectivity index (χ0v) is 9.73. The molecule has 1 aliphatic heterocycles. The Kier molecular flexibility index (Phi) is 2.91. The Hall–Kier alpha value is -2.17. The molecule has 1 heterocycles. The van der Waals surface area contributed by atoms with Crippen molar-refractivity contribution in [2.45, 2.75) is 13.8 Å². The predicted molar refractivity (Wildman–Crippen MR) is 66.2 cm³/mol. The second-order valence-electron chi connectivity index (χ2n) is 3.89. The molecular formula is C12H13N3O2.